The van der Waals surface area contributed by atoms with Gasteiger partial charge in [0.1, 0.15) is 0 Å². The first-order valence-corrected chi connectivity index (χ1v) is 8.95. The highest BCUT2D eigenvalue weighted by atomic mass is 32.2. The molecule has 2 unspecified atom stereocenters. The number of carbonyl (C=O) groups is 1. The summed E-state index contributed by atoms with van der Waals surface area (Å²) >= 11 is 0. The van der Waals surface area contributed by atoms with Crippen molar-refractivity contribution in [3.05, 3.63) is 0 Å². The van der Waals surface area contributed by atoms with E-state index in [2.05, 4.69) is 19.2 Å². The quantitative estimate of drug-likeness (QED) is 0.667. The Morgan fingerprint density at radius 2 is 2.10 bits per heavy atom. The molecule has 1 heterocycles. The Bertz CT molecular complexity index is 423. The number of hydrogen-bond acceptors (Lipinski definition) is 5. The molecule has 2 atom stereocenters. The third-order valence-corrected chi connectivity index (χ3v) is 5.48. The fraction of sp³-hybridized carbons (Fsp3) is 0.923. The molecule has 20 heavy (non-hydrogen) atoms. The van der Waals surface area contributed by atoms with Crippen LogP contribution in [0.1, 0.15) is 26.7 Å². The van der Waals surface area contributed by atoms with Crippen molar-refractivity contribution in [2.24, 2.45) is 11.7 Å². The number of likely N-dealkylation sites (N-methyl/N-ethyl adjacent to an activating group) is 1. The lowest BCUT2D eigenvalue weighted by molar-refractivity contribution is -0.122. The van der Waals surface area contributed by atoms with E-state index in [0.29, 0.717) is 12.3 Å². The Balaban J connectivity index is 2.25. The SMILES string of the molecule is CC(C)C(N)CCN(C)CC(=O)NC1CCS(=O)(=O)C1. The van der Waals surface area contributed by atoms with Gasteiger partial charge in [-0.1, -0.05) is 13.8 Å². The van der Waals surface area contributed by atoms with E-state index < -0.39 is 9.84 Å². The summed E-state index contributed by atoms with van der Waals surface area (Å²) in [6.07, 6.45) is 1.37. The Hall–Kier alpha value is -0.660. The molecule has 0 radical (unpaired) electrons. The van der Waals surface area contributed by atoms with Crippen LogP contribution in [0.2, 0.25) is 0 Å². The first kappa shape index (κ1) is 17.4. The van der Waals surface area contributed by atoms with Gasteiger partial charge in [0, 0.05) is 12.1 Å². The molecule has 0 bridgehead atoms. The molecule has 7 heteroatoms. The highest BCUT2D eigenvalue weighted by molar-refractivity contribution is 7.91. The van der Waals surface area contributed by atoms with Gasteiger partial charge in [-0.05, 0) is 32.4 Å². The summed E-state index contributed by atoms with van der Waals surface area (Å²) in [5, 5.41) is 2.78. The zero-order chi connectivity index (χ0) is 15.3. The number of nitrogens with zero attached hydrogens (tertiary/aromatic N) is 1. The fourth-order valence-electron chi connectivity index (χ4n) is 2.21. The average molecular weight is 305 g/mol. The predicted molar refractivity (Wildman–Crippen MR) is 80.1 cm³/mol. The van der Waals surface area contributed by atoms with Crippen LogP contribution >= 0.6 is 0 Å². The van der Waals surface area contributed by atoms with E-state index in [1.807, 2.05) is 11.9 Å². The lowest BCUT2D eigenvalue weighted by atomic mass is 10.0. The summed E-state index contributed by atoms with van der Waals surface area (Å²) in [6.45, 7) is 5.20. The molecular formula is C13H27N3O3S. The van der Waals surface area contributed by atoms with Crippen LogP contribution in [-0.2, 0) is 14.6 Å². The van der Waals surface area contributed by atoms with E-state index in [4.69, 9.17) is 5.73 Å². The van der Waals surface area contributed by atoms with Crippen molar-refractivity contribution < 1.29 is 13.2 Å². The number of nitrogens with two attached hydrogens (primary N) is 1. The minimum Gasteiger partial charge on any atom is -0.351 e. The van der Waals surface area contributed by atoms with Crippen molar-refractivity contribution in [3.63, 3.8) is 0 Å². The number of hydrogen-bond donors (Lipinski definition) is 2. The predicted octanol–water partition coefficient (Wildman–Crippen LogP) is -0.405. The first-order valence-electron chi connectivity index (χ1n) is 7.13. The molecule has 0 aromatic rings. The van der Waals surface area contributed by atoms with Gasteiger partial charge in [0.15, 0.2) is 9.84 Å². The summed E-state index contributed by atoms with van der Waals surface area (Å²) in [6, 6.07) is -0.0840. The number of sulfone groups is 1. The van der Waals surface area contributed by atoms with Gasteiger partial charge >= 0.3 is 0 Å². The standard InChI is InChI=1S/C13H27N3O3S/c1-10(2)12(14)4-6-16(3)8-13(17)15-11-5-7-20(18,19)9-11/h10-12H,4-9,14H2,1-3H3,(H,15,17). The summed E-state index contributed by atoms with van der Waals surface area (Å²) in [7, 11) is -1.07. The number of carbonyl (C=O) groups excluding carboxylic acids is 1. The molecule has 1 fully saturated rings. The van der Waals surface area contributed by atoms with Gasteiger partial charge < -0.3 is 11.1 Å². The lowest BCUT2D eigenvalue weighted by Crippen LogP contribution is -2.42. The van der Waals surface area contributed by atoms with Crippen molar-refractivity contribution in [1.29, 1.82) is 0 Å². The van der Waals surface area contributed by atoms with Crippen LogP contribution in [0, 0.1) is 5.92 Å². The molecule has 1 aliphatic heterocycles. The molecule has 1 aliphatic rings. The Morgan fingerprint density at radius 3 is 2.60 bits per heavy atom. The molecule has 0 aliphatic carbocycles. The highest BCUT2D eigenvalue weighted by Gasteiger charge is 2.28. The monoisotopic (exact) mass is 305 g/mol. The zero-order valence-corrected chi connectivity index (χ0v) is 13.4. The Labute approximate surface area is 122 Å². The molecule has 1 saturated heterocycles. The van der Waals surface area contributed by atoms with Gasteiger partial charge in [-0.15, -0.1) is 0 Å². The van der Waals surface area contributed by atoms with Crippen LogP contribution in [0.25, 0.3) is 0 Å². The van der Waals surface area contributed by atoms with E-state index in [1.54, 1.807) is 0 Å². The van der Waals surface area contributed by atoms with E-state index in [9.17, 15) is 13.2 Å². The fourth-order valence-corrected chi connectivity index (χ4v) is 3.88. The molecule has 6 nitrogen and oxygen atoms in total. The molecule has 0 spiro atoms. The van der Waals surface area contributed by atoms with Crippen molar-refractivity contribution in [2.75, 3.05) is 31.6 Å². The van der Waals surface area contributed by atoms with Gasteiger partial charge in [-0.25, -0.2) is 8.42 Å². The molecule has 118 valence electrons. The van der Waals surface area contributed by atoms with Crippen LogP contribution in [0.15, 0.2) is 0 Å². The van der Waals surface area contributed by atoms with Gasteiger partial charge in [-0.3, -0.25) is 9.69 Å². The highest BCUT2D eigenvalue weighted by Crippen LogP contribution is 2.11. The molecule has 3 N–H and O–H groups in total. The molecular weight excluding hydrogens is 278 g/mol. The zero-order valence-electron chi connectivity index (χ0n) is 12.6. The normalized spacial score (nSPS) is 23.2. The number of rotatable bonds is 7. The van der Waals surface area contributed by atoms with Gasteiger partial charge in [-0.2, -0.15) is 0 Å². The van der Waals surface area contributed by atoms with Crippen molar-refractivity contribution in [1.82, 2.24) is 10.2 Å². The maximum absolute atomic E-state index is 11.8. The van der Waals surface area contributed by atoms with Crippen molar-refractivity contribution in [3.8, 4) is 0 Å². The molecule has 0 aromatic heterocycles. The second-order valence-corrected chi connectivity index (χ2v) is 8.33. The number of nitrogens with one attached hydrogen (secondary N) is 1. The van der Waals surface area contributed by atoms with E-state index in [0.717, 1.165) is 13.0 Å². The van der Waals surface area contributed by atoms with E-state index in [1.165, 1.54) is 0 Å². The van der Waals surface area contributed by atoms with Crippen LogP contribution in [0.5, 0.6) is 0 Å². The lowest BCUT2D eigenvalue weighted by Gasteiger charge is -2.21. The van der Waals surface area contributed by atoms with Crippen LogP contribution < -0.4 is 11.1 Å². The van der Waals surface area contributed by atoms with Crippen LogP contribution in [0.3, 0.4) is 0 Å². The summed E-state index contributed by atoms with van der Waals surface area (Å²) < 4.78 is 22.6. The maximum atomic E-state index is 11.8. The molecule has 0 saturated carbocycles. The van der Waals surface area contributed by atoms with Gasteiger partial charge in [0.05, 0.1) is 18.1 Å². The second-order valence-electron chi connectivity index (χ2n) is 6.10. The molecule has 1 amide bonds. The van der Waals surface area contributed by atoms with E-state index in [-0.39, 0.29) is 36.0 Å². The third kappa shape index (κ3) is 6.19. The van der Waals surface area contributed by atoms with Crippen molar-refractivity contribution >= 4 is 15.7 Å². The number of amides is 1. The minimum atomic E-state index is -2.95. The Kier molecular flexibility index (Phi) is 6.42. The smallest absolute Gasteiger partial charge is 0.234 e. The summed E-state index contributed by atoms with van der Waals surface area (Å²) in [5.74, 6) is 0.561. The van der Waals surface area contributed by atoms with Crippen LogP contribution in [0.4, 0.5) is 0 Å². The Morgan fingerprint density at radius 1 is 1.45 bits per heavy atom. The third-order valence-electron chi connectivity index (χ3n) is 3.71. The summed E-state index contributed by atoms with van der Waals surface area (Å²) in [4.78, 5) is 13.7. The van der Waals surface area contributed by atoms with Gasteiger partial charge in [0.2, 0.25) is 5.91 Å². The average Bonchev–Trinajstić information content (AvgIpc) is 2.65. The van der Waals surface area contributed by atoms with Gasteiger partial charge in [0.25, 0.3) is 0 Å². The summed E-state index contributed by atoms with van der Waals surface area (Å²) in [5.41, 5.74) is 5.96. The maximum Gasteiger partial charge on any atom is 0.234 e. The van der Waals surface area contributed by atoms with Crippen molar-refractivity contribution in [2.45, 2.75) is 38.8 Å². The van der Waals surface area contributed by atoms with Crippen LogP contribution in [-0.4, -0.2) is 63.0 Å². The first-order chi connectivity index (χ1) is 9.19. The topological polar surface area (TPSA) is 92.5 Å². The van der Waals surface area contributed by atoms with E-state index >= 15 is 0 Å². The second kappa shape index (κ2) is 7.38. The largest absolute Gasteiger partial charge is 0.351 e. The molecule has 1 rings (SSSR count). The molecule has 0 aromatic carbocycles. The minimum absolute atomic E-state index is 0.0701.